The Morgan fingerprint density at radius 3 is 2.39 bits per heavy atom. The Hall–Kier alpha value is -4.12. The number of aliphatic hydroxyl groups is 1. The van der Waals surface area contributed by atoms with Gasteiger partial charge in [0.15, 0.2) is 0 Å². The summed E-state index contributed by atoms with van der Waals surface area (Å²) in [5, 5.41) is 11.3. The van der Waals surface area contributed by atoms with Crippen molar-refractivity contribution >= 4 is 17.6 Å². The predicted octanol–water partition coefficient (Wildman–Crippen LogP) is 4.68. The molecule has 0 fully saturated rings. The second kappa shape index (κ2) is 11.1. The van der Waals surface area contributed by atoms with E-state index in [-0.39, 0.29) is 42.7 Å². The zero-order valence-corrected chi connectivity index (χ0v) is 20.6. The van der Waals surface area contributed by atoms with Crippen molar-refractivity contribution in [1.29, 1.82) is 0 Å². The molecule has 0 saturated heterocycles. The van der Waals surface area contributed by atoms with E-state index in [9.17, 15) is 27.2 Å². The van der Waals surface area contributed by atoms with Crippen molar-refractivity contribution in [3.05, 3.63) is 94.1 Å². The Morgan fingerprint density at radius 2 is 1.74 bits per heavy atom. The van der Waals surface area contributed by atoms with Gasteiger partial charge in [0.2, 0.25) is 0 Å². The highest BCUT2D eigenvalue weighted by atomic mass is 19.1. The van der Waals surface area contributed by atoms with E-state index in [4.69, 9.17) is 9.84 Å². The number of hydrogen-bond acceptors (Lipinski definition) is 4. The van der Waals surface area contributed by atoms with Crippen LogP contribution in [0.3, 0.4) is 0 Å². The quantitative estimate of drug-likeness (QED) is 0.414. The smallest absolute Gasteiger partial charge is 0.325 e. The Balaban J connectivity index is 1.60. The van der Waals surface area contributed by atoms with Gasteiger partial charge in [0.25, 0.3) is 5.91 Å². The zero-order chi connectivity index (χ0) is 27.6. The predicted molar refractivity (Wildman–Crippen MR) is 131 cm³/mol. The highest BCUT2D eigenvalue weighted by Gasteiger charge is 2.34. The van der Waals surface area contributed by atoms with E-state index in [1.54, 1.807) is 13.1 Å². The first-order valence-corrected chi connectivity index (χ1v) is 11.7. The summed E-state index contributed by atoms with van der Waals surface area (Å²) in [5.41, 5.74) is 0.900. The average molecular weight is 532 g/mol. The molecule has 1 heterocycles. The third-order valence-electron chi connectivity index (χ3n) is 6.39. The number of nitrogens with zero attached hydrogens (tertiary/aromatic N) is 2. The Morgan fingerprint density at radius 1 is 1.03 bits per heavy atom. The van der Waals surface area contributed by atoms with E-state index in [0.717, 1.165) is 6.07 Å². The van der Waals surface area contributed by atoms with Gasteiger partial charge in [0.05, 0.1) is 24.9 Å². The molecule has 1 aliphatic rings. The van der Waals surface area contributed by atoms with Gasteiger partial charge in [-0.3, -0.25) is 9.69 Å². The van der Waals surface area contributed by atoms with E-state index < -0.39 is 47.3 Å². The van der Waals surface area contributed by atoms with Crippen molar-refractivity contribution in [2.45, 2.75) is 26.1 Å². The summed E-state index contributed by atoms with van der Waals surface area (Å²) >= 11 is 0. The minimum atomic E-state index is -1.13. The fourth-order valence-electron chi connectivity index (χ4n) is 4.18. The number of ether oxygens (including phenoxy) is 1. The van der Waals surface area contributed by atoms with Crippen LogP contribution < -0.4 is 15.0 Å². The third-order valence-corrected chi connectivity index (χ3v) is 6.39. The third kappa shape index (κ3) is 5.42. The molecule has 1 atom stereocenters. The molecule has 2 N–H and O–H groups in total. The van der Waals surface area contributed by atoms with Gasteiger partial charge in [-0.2, -0.15) is 0 Å². The Bertz CT molecular complexity index is 1360. The molecular formula is C27H25F4N3O4. The lowest BCUT2D eigenvalue weighted by Crippen LogP contribution is -2.46. The van der Waals surface area contributed by atoms with Gasteiger partial charge in [0.1, 0.15) is 35.6 Å². The number of rotatable bonds is 8. The number of hydrogen-bond donors (Lipinski definition) is 2. The average Bonchev–Trinajstić information content (AvgIpc) is 2.88. The Labute approximate surface area is 216 Å². The number of amides is 3. The molecule has 7 nitrogen and oxygen atoms in total. The number of carbonyl (C=O) groups is 2. The molecule has 3 aromatic rings. The van der Waals surface area contributed by atoms with E-state index >= 15 is 0 Å². The standard InChI is InChI=1S/C27H25F4N3O4/c1-15-20-6-4-16(26(36)32-13-21-23(30)10-18(28)11-24(21)31)9-25(20)34(27(37)33(15)2)14-17-3-5-19(12-22(17)29)38-8-7-35/h3-6,9-12,15,35H,7-8,13-14H2,1-2H3,(H,32,36). The summed E-state index contributed by atoms with van der Waals surface area (Å²) < 4.78 is 61.1. The van der Waals surface area contributed by atoms with Gasteiger partial charge in [-0.1, -0.05) is 12.1 Å². The molecule has 0 spiro atoms. The largest absolute Gasteiger partial charge is 0.491 e. The van der Waals surface area contributed by atoms with Gasteiger partial charge >= 0.3 is 6.03 Å². The number of urea groups is 1. The van der Waals surface area contributed by atoms with Crippen LogP contribution in [0.5, 0.6) is 5.75 Å². The van der Waals surface area contributed by atoms with Crippen molar-refractivity contribution < 1.29 is 37.0 Å². The van der Waals surface area contributed by atoms with Crippen LogP contribution in [-0.4, -0.2) is 42.2 Å². The molecule has 38 heavy (non-hydrogen) atoms. The van der Waals surface area contributed by atoms with Gasteiger partial charge in [-0.05, 0) is 30.7 Å². The maximum atomic E-state index is 14.8. The first-order valence-electron chi connectivity index (χ1n) is 11.7. The molecule has 3 amide bonds. The number of aliphatic hydroxyl groups excluding tert-OH is 1. The number of anilines is 1. The summed E-state index contributed by atoms with van der Waals surface area (Å²) in [6.45, 7) is 0.917. The maximum absolute atomic E-state index is 14.8. The summed E-state index contributed by atoms with van der Waals surface area (Å²) in [5.74, 6) is -4.39. The normalized spacial score (nSPS) is 14.9. The molecule has 0 aromatic heterocycles. The SMILES string of the molecule is CC1c2ccc(C(=O)NCc3c(F)cc(F)cc3F)cc2N(Cc2ccc(OCCO)cc2F)C(=O)N1C. The van der Waals surface area contributed by atoms with Crippen molar-refractivity contribution in [3.8, 4) is 5.75 Å². The number of fused-ring (bicyclic) bond motifs is 1. The lowest BCUT2D eigenvalue weighted by molar-refractivity contribution is 0.0950. The van der Waals surface area contributed by atoms with Crippen LogP contribution in [-0.2, 0) is 13.1 Å². The van der Waals surface area contributed by atoms with Gasteiger partial charge in [0, 0.05) is 48.5 Å². The monoisotopic (exact) mass is 531 g/mol. The van der Waals surface area contributed by atoms with Crippen LogP contribution in [0, 0.1) is 23.3 Å². The Kier molecular flexibility index (Phi) is 7.86. The van der Waals surface area contributed by atoms with E-state index in [2.05, 4.69) is 5.32 Å². The topological polar surface area (TPSA) is 82.1 Å². The summed E-state index contributed by atoms with van der Waals surface area (Å²) in [6, 6.07) is 9.06. The number of halogens is 4. The molecule has 1 aliphatic heterocycles. The van der Waals surface area contributed by atoms with E-state index in [1.165, 1.54) is 34.1 Å². The molecule has 0 saturated carbocycles. The number of benzene rings is 3. The van der Waals surface area contributed by atoms with Gasteiger partial charge in [-0.15, -0.1) is 0 Å². The molecule has 3 aromatic carbocycles. The van der Waals surface area contributed by atoms with Crippen molar-refractivity contribution in [2.75, 3.05) is 25.2 Å². The van der Waals surface area contributed by atoms with Crippen LogP contribution in [0.15, 0.2) is 48.5 Å². The fraction of sp³-hybridized carbons (Fsp3) is 0.259. The molecule has 0 radical (unpaired) electrons. The van der Waals surface area contributed by atoms with Crippen LogP contribution in [0.25, 0.3) is 0 Å². The second-order valence-electron chi connectivity index (χ2n) is 8.79. The highest BCUT2D eigenvalue weighted by Crippen LogP contribution is 2.37. The van der Waals surface area contributed by atoms with Crippen molar-refractivity contribution in [1.82, 2.24) is 10.2 Å². The maximum Gasteiger partial charge on any atom is 0.325 e. The lowest BCUT2D eigenvalue weighted by Gasteiger charge is -2.39. The van der Waals surface area contributed by atoms with Crippen LogP contribution >= 0.6 is 0 Å². The van der Waals surface area contributed by atoms with E-state index in [0.29, 0.717) is 23.4 Å². The van der Waals surface area contributed by atoms with E-state index in [1.807, 2.05) is 6.92 Å². The molecule has 11 heteroatoms. The van der Waals surface area contributed by atoms with Gasteiger partial charge < -0.3 is 20.1 Å². The first-order chi connectivity index (χ1) is 18.1. The van der Waals surface area contributed by atoms with Crippen molar-refractivity contribution in [3.63, 3.8) is 0 Å². The van der Waals surface area contributed by atoms with Crippen LogP contribution in [0.4, 0.5) is 28.0 Å². The summed E-state index contributed by atoms with van der Waals surface area (Å²) in [6.07, 6.45) is 0. The molecular weight excluding hydrogens is 506 g/mol. The minimum absolute atomic E-state index is 0.00470. The van der Waals surface area contributed by atoms with Gasteiger partial charge in [-0.25, -0.2) is 22.4 Å². The summed E-state index contributed by atoms with van der Waals surface area (Å²) in [4.78, 5) is 28.8. The number of carbonyl (C=O) groups excluding carboxylic acids is 2. The zero-order valence-electron chi connectivity index (χ0n) is 20.6. The molecule has 0 bridgehead atoms. The van der Waals surface area contributed by atoms with Crippen molar-refractivity contribution in [2.24, 2.45) is 0 Å². The van der Waals surface area contributed by atoms with Crippen LogP contribution in [0.1, 0.15) is 40.0 Å². The minimum Gasteiger partial charge on any atom is -0.491 e. The highest BCUT2D eigenvalue weighted by molar-refractivity contribution is 5.99. The molecule has 1 unspecified atom stereocenters. The second-order valence-corrected chi connectivity index (χ2v) is 8.79. The molecule has 4 rings (SSSR count). The number of nitrogens with one attached hydrogen (secondary N) is 1. The first kappa shape index (κ1) is 26.9. The molecule has 0 aliphatic carbocycles. The lowest BCUT2D eigenvalue weighted by atomic mass is 9.98. The fourth-order valence-corrected chi connectivity index (χ4v) is 4.18. The molecule has 200 valence electrons. The van der Waals surface area contributed by atoms with Crippen LogP contribution in [0.2, 0.25) is 0 Å². The summed E-state index contributed by atoms with van der Waals surface area (Å²) in [7, 11) is 1.61.